The van der Waals surface area contributed by atoms with E-state index in [-0.39, 0.29) is 0 Å². The molecule has 88 valence electrons. The highest BCUT2D eigenvalue weighted by molar-refractivity contribution is 5.19. The minimum absolute atomic E-state index is 0.552. The predicted octanol–water partition coefficient (Wildman–Crippen LogP) is 5.18. The molecular formula is C16H24. The first-order valence-electron chi connectivity index (χ1n) is 6.68. The summed E-state index contributed by atoms with van der Waals surface area (Å²) in [7, 11) is 0. The average molecular weight is 216 g/mol. The second-order valence-electron chi connectivity index (χ2n) is 6.02. The van der Waals surface area contributed by atoms with Crippen LogP contribution in [0.15, 0.2) is 35.5 Å². The Kier molecular flexibility index (Phi) is 3.68. The Balaban J connectivity index is 1.81. The molecule has 2 aliphatic carbocycles. The van der Waals surface area contributed by atoms with Gasteiger partial charge in [0.2, 0.25) is 0 Å². The van der Waals surface area contributed by atoms with Crippen molar-refractivity contribution in [1.82, 2.24) is 0 Å². The maximum Gasteiger partial charge on any atom is -0.0280 e. The lowest BCUT2D eigenvalue weighted by Gasteiger charge is -2.28. The van der Waals surface area contributed by atoms with Crippen LogP contribution in [-0.4, -0.2) is 0 Å². The van der Waals surface area contributed by atoms with E-state index in [4.69, 9.17) is 0 Å². The third kappa shape index (κ3) is 3.37. The lowest BCUT2D eigenvalue weighted by atomic mass is 9.77. The van der Waals surface area contributed by atoms with Gasteiger partial charge in [-0.2, -0.15) is 0 Å². The van der Waals surface area contributed by atoms with E-state index in [2.05, 4.69) is 38.2 Å². The van der Waals surface area contributed by atoms with Crippen LogP contribution in [0.5, 0.6) is 0 Å². The molecule has 0 heteroatoms. The Labute approximate surface area is 100 Å². The van der Waals surface area contributed by atoms with Crippen molar-refractivity contribution in [2.75, 3.05) is 0 Å². The molecule has 0 spiro atoms. The zero-order valence-electron chi connectivity index (χ0n) is 10.8. The van der Waals surface area contributed by atoms with Crippen molar-refractivity contribution in [2.45, 2.75) is 58.8 Å². The Hall–Kier alpha value is -0.780. The molecule has 0 aromatic carbocycles. The largest absolute Gasteiger partial charge is 0.0848 e. The van der Waals surface area contributed by atoms with E-state index >= 15 is 0 Å². The first-order chi connectivity index (χ1) is 7.66. The lowest BCUT2D eigenvalue weighted by molar-refractivity contribution is 0.322. The number of rotatable bonds is 3. The minimum atomic E-state index is 0.552. The summed E-state index contributed by atoms with van der Waals surface area (Å²) in [5.74, 6) is 0. The molecule has 0 fully saturated rings. The van der Waals surface area contributed by atoms with Gasteiger partial charge < -0.3 is 0 Å². The number of hydrogen-bond donors (Lipinski definition) is 0. The topological polar surface area (TPSA) is 0 Å². The molecule has 0 aliphatic heterocycles. The van der Waals surface area contributed by atoms with E-state index in [1.807, 2.05) is 0 Å². The summed E-state index contributed by atoms with van der Waals surface area (Å²) in [5, 5.41) is 0. The van der Waals surface area contributed by atoms with Crippen molar-refractivity contribution in [3.63, 3.8) is 0 Å². The zero-order valence-corrected chi connectivity index (χ0v) is 10.8. The van der Waals surface area contributed by atoms with Crippen molar-refractivity contribution < 1.29 is 0 Å². The van der Waals surface area contributed by atoms with Crippen LogP contribution < -0.4 is 0 Å². The van der Waals surface area contributed by atoms with Crippen LogP contribution in [0.1, 0.15) is 58.8 Å². The fraction of sp³-hybridized carbons (Fsp3) is 0.625. The van der Waals surface area contributed by atoms with E-state index in [9.17, 15) is 0 Å². The summed E-state index contributed by atoms with van der Waals surface area (Å²) in [6, 6.07) is 0. The normalized spacial score (nSPS) is 23.9. The van der Waals surface area contributed by atoms with Gasteiger partial charge in [0.1, 0.15) is 0 Å². The van der Waals surface area contributed by atoms with Crippen molar-refractivity contribution in [2.24, 2.45) is 5.41 Å². The summed E-state index contributed by atoms with van der Waals surface area (Å²) in [6.07, 6.45) is 18.4. The summed E-state index contributed by atoms with van der Waals surface area (Å²) >= 11 is 0. The zero-order chi connectivity index (χ0) is 11.4. The van der Waals surface area contributed by atoms with Gasteiger partial charge in [0.15, 0.2) is 0 Å². The molecule has 0 unspecified atom stereocenters. The van der Waals surface area contributed by atoms with Crippen molar-refractivity contribution in [3.8, 4) is 0 Å². The van der Waals surface area contributed by atoms with Crippen LogP contribution in [0, 0.1) is 5.41 Å². The van der Waals surface area contributed by atoms with Gasteiger partial charge in [-0.15, -0.1) is 0 Å². The van der Waals surface area contributed by atoms with Crippen LogP contribution in [0.2, 0.25) is 0 Å². The van der Waals surface area contributed by atoms with Crippen LogP contribution >= 0.6 is 0 Å². The molecule has 0 N–H and O–H groups in total. The summed E-state index contributed by atoms with van der Waals surface area (Å²) in [4.78, 5) is 0. The quantitative estimate of drug-likeness (QED) is 0.570. The first-order valence-corrected chi connectivity index (χ1v) is 6.68. The smallest absolute Gasteiger partial charge is 0.0280 e. The Morgan fingerprint density at radius 3 is 2.56 bits per heavy atom. The van der Waals surface area contributed by atoms with Gasteiger partial charge in [-0.3, -0.25) is 0 Å². The molecule has 0 radical (unpaired) electrons. The molecule has 0 nitrogen and oxygen atoms in total. The molecule has 0 heterocycles. The minimum Gasteiger partial charge on any atom is -0.0848 e. The van der Waals surface area contributed by atoms with Gasteiger partial charge in [-0.1, -0.05) is 49.3 Å². The standard InChI is InChI=1S/C16H24/c1-16(2)12-10-15(11-13-16)9-8-14-6-4-3-5-7-14/h3-4,6,10H,5,7-9,11-13H2,1-2H3. The monoisotopic (exact) mass is 216 g/mol. The summed E-state index contributed by atoms with van der Waals surface area (Å²) < 4.78 is 0. The highest BCUT2D eigenvalue weighted by atomic mass is 14.3. The van der Waals surface area contributed by atoms with Gasteiger partial charge in [-0.25, -0.2) is 0 Å². The van der Waals surface area contributed by atoms with Crippen molar-refractivity contribution >= 4 is 0 Å². The van der Waals surface area contributed by atoms with Crippen LogP contribution in [0.3, 0.4) is 0 Å². The van der Waals surface area contributed by atoms with Gasteiger partial charge in [-0.05, 0) is 50.4 Å². The molecule has 0 atom stereocenters. The second kappa shape index (κ2) is 5.03. The molecule has 2 aliphatic rings. The fourth-order valence-electron chi connectivity index (χ4n) is 2.53. The van der Waals surface area contributed by atoms with Gasteiger partial charge in [0, 0.05) is 0 Å². The van der Waals surface area contributed by atoms with E-state index < -0.39 is 0 Å². The lowest BCUT2D eigenvalue weighted by Crippen LogP contribution is -2.14. The SMILES string of the molecule is CC1(C)CC=C(CCC2=CC=CCC2)CC1. The highest BCUT2D eigenvalue weighted by Gasteiger charge is 2.20. The molecule has 0 amide bonds. The molecule has 0 bridgehead atoms. The van der Waals surface area contributed by atoms with Crippen LogP contribution in [0.25, 0.3) is 0 Å². The predicted molar refractivity (Wildman–Crippen MR) is 71.4 cm³/mol. The summed E-state index contributed by atoms with van der Waals surface area (Å²) in [5.41, 5.74) is 3.90. The molecule has 0 saturated carbocycles. The molecule has 2 rings (SSSR count). The van der Waals surface area contributed by atoms with Gasteiger partial charge >= 0.3 is 0 Å². The molecule has 16 heavy (non-hydrogen) atoms. The molecular weight excluding hydrogens is 192 g/mol. The highest BCUT2D eigenvalue weighted by Crippen LogP contribution is 2.36. The third-order valence-corrected chi connectivity index (χ3v) is 3.93. The fourth-order valence-corrected chi connectivity index (χ4v) is 2.53. The first kappa shape index (κ1) is 11.7. The number of allylic oxidation sites excluding steroid dienone is 6. The molecule has 0 aromatic rings. The average Bonchev–Trinajstić information content (AvgIpc) is 2.29. The Morgan fingerprint density at radius 2 is 1.94 bits per heavy atom. The van der Waals surface area contributed by atoms with E-state index in [0.717, 1.165) is 0 Å². The molecule has 0 saturated heterocycles. The van der Waals surface area contributed by atoms with Crippen LogP contribution in [-0.2, 0) is 0 Å². The Morgan fingerprint density at radius 1 is 1.12 bits per heavy atom. The molecule has 0 aromatic heterocycles. The van der Waals surface area contributed by atoms with Crippen molar-refractivity contribution in [1.29, 1.82) is 0 Å². The van der Waals surface area contributed by atoms with E-state index in [0.29, 0.717) is 5.41 Å². The van der Waals surface area contributed by atoms with Gasteiger partial charge in [0.25, 0.3) is 0 Å². The third-order valence-electron chi connectivity index (χ3n) is 3.93. The van der Waals surface area contributed by atoms with E-state index in [1.54, 1.807) is 11.1 Å². The Bertz CT molecular complexity index is 326. The van der Waals surface area contributed by atoms with Crippen molar-refractivity contribution in [3.05, 3.63) is 35.5 Å². The van der Waals surface area contributed by atoms with E-state index in [1.165, 1.54) is 44.9 Å². The summed E-state index contributed by atoms with van der Waals surface area (Å²) in [6.45, 7) is 4.77. The maximum absolute atomic E-state index is 2.50. The number of hydrogen-bond acceptors (Lipinski definition) is 0. The second-order valence-corrected chi connectivity index (χ2v) is 6.02. The van der Waals surface area contributed by atoms with Gasteiger partial charge in [0.05, 0.1) is 0 Å². The van der Waals surface area contributed by atoms with Crippen LogP contribution in [0.4, 0.5) is 0 Å². The maximum atomic E-state index is 2.50.